The number of nitrogens with one attached hydrogen (secondary N) is 1. The van der Waals surface area contributed by atoms with E-state index in [4.69, 9.17) is 16.3 Å². The van der Waals surface area contributed by atoms with E-state index in [1.807, 2.05) is 19.1 Å². The average Bonchev–Trinajstić information content (AvgIpc) is 2.95. The minimum Gasteiger partial charge on any atom is -0.407 e. The summed E-state index contributed by atoms with van der Waals surface area (Å²) in [4.78, 5) is 12.0. The first-order valence-corrected chi connectivity index (χ1v) is 8.77. The lowest BCUT2D eigenvalue weighted by molar-refractivity contribution is 0.196. The van der Waals surface area contributed by atoms with Gasteiger partial charge in [0, 0.05) is 11.6 Å². The third-order valence-electron chi connectivity index (χ3n) is 4.50. The predicted octanol–water partition coefficient (Wildman–Crippen LogP) is 4.50. The summed E-state index contributed by atoms with van der Waals surface area (Å²) in [5.41, 5.74) is 1.64. The molecule has 5 nitrogen and oxygen atoms in total. The molecule has 1 aromatic carbocycles. The first-order chi connectivity index (χ1) is 11.6. The number of rotatable bonds is 4. The number of hydrogen-bond acceptors (Lipinski definition) is 3. The molecule has 0 bridgehead atoms. The van der Waals surface area contributed by atoms with Gasteiger partial charge in [0.1, 0.15) is 0 Å². The van der Waals surface area contributed by atoms with Crippen LogP contribution in [0.4, 0.5) is 4.79 Å². The Bertz CT molecular complexity index is 691. The van der Waals surface area contributed by atoms with E-state index in [-0.39, 0.29) is 0 Å². The van der Waals surface area contributed by atoms with Gasteiger partial charge in [0.15, 0.2) is 5.75 Å². The van der Waals surface area contributed by atoms with E-state index < -0.39 is 6.09 Å². The molecule has 1 aromatic heterocycles. The minimum atomic E-state index is -0.417. The molecule has 1 saturated carbocycles. The molecule has 1 fully saturated rings. The van der Waals surface area contributed by atoms with Crippen molar-refractivity contribution in [2.75, 3.05) is 6.54 Å². The fourth-order valence-corrected chi connectivity index (χ4v) is 3.22. The summed E-state index contributed by atoms with van der Waals surface area (Å²) >= 11 is 5.90. The smallest absolute Gasteiger partial charge is 0.407 e. The van der Waals surface area contributed by atoms with Gasteiger partial charge in [0.05, 0.1) is 17.6 Å². The SMILES string of the molecule is Cc1c(OC(=O)NCC2CCCCC2)cnn1-c1ccc(Cl)cc1. The molecule has 6 heteroatoms. The average molecular weight is 348 g/mol. The summed E-state index contributed by atoms with van der Waals surface area (Å²) in [5.74, 6) is 1.04. The maximum absolute atomic E-state index is 12.0. The summed E-state index contributed by atoms with van der Waals surface area (Å²) < 4.78 is 7.12. The summed E-state index contributed by atoms with van der Waals surface area (Å²) in [6.07, 6.45) is 7.35. The molecule has 0 spiro atoms. The van der Waals surface area contributed by atoms with Crippen molar-refractivity contribution in [1.82, 2.24) is 15.1 Å². The van der Waals surface area contributed by atoms with Gasteiger partial charge in [-0.25, -0.2) is 9.48 Å². The summed E-state index contributed by atoms with van der Waals surface area (Å²) in [7, 11) is 0. The number of amides is 1. The zero-order valence-electron chi connectivity index (χ0n) is 13.8. The van der Waals surface area contributed by atoms with Crippen molar-refractivity contribution in [3.05, 3.63) is 41.2 Å². The highest BCUT2D eigenvalue weighted by Gasteiger charge is 2.16. The lowest BCUT2D eigenvalue weighted by atomic mass is 9.89. The van der Waals surface area contributed by atoms with Crippen molar-refractivity contribution in [2.24, 2.45) is 5.92 Å². The van der Waals surface area contributed by atoms with Crippen molar-refractivity contribution in [1.29, 1.82) is 0 Å². The van der Waals surface area contributed by atoms with Gasteiger partial charge in [0.25, 0.3) is 0 Å². The molecule has 1 N–H and O–H groups in total. The largest absolute Gasteiger partial charge is 0.412 e. The molecule has 0 aliphatic heterocycles. The van der Waals surface area contributed by atoms with Gasteiger partial charge in [-0.2, -0.15) is 5.10 Å². The Labute approximate surface area is 147 Å². The van der Waals surface area contributed by atoms with E-state index in [2.05, 4.69) is 10.4 Å². The molecule has 2 aromatic rings. The maximum atomic E-state index is 12.0. The number of carbonyl (C=O) groups excluding carboxylic acids is 1. The highest BCUT2D eigenvalue weighted by molar-refractivity contribution is 6.30. The lowest BCUT2D eigenvalue weighted by Gasteiger charge is -2.21. The predicted molar refractivity (Wildman–Crippen MR) is 93.9 cm³/mol. The van der Waals surface area contributed by atoms with Gasteiger partial charge in [-0.15, -0.1) is 0 Å². The van der Waals surface area contributed by atoms with Gasteiger partial charge in [-0.05, 0) is 49.9 Å². The van der Waals surface area contributed by atoms with Crippen molar-refractivity contribution >= 4 is 17.7 Å². The standard InChI is InChI=1S/C18H22ClN3O2/c1-13-17(12-21-22(13)16-9-7-15(19)8-10-16)24-18(23)20-11-14-5-3-2-4-6-14/h7-10,12,14H,2-6,11H2,1H3,(H,20,23). The van der Waals surface area contributed by atoms with Crippen LogP contribution in [0.25, 0.3) is 5.69 Å². The number of ether oxygens (including phenoxy) is 1. The molecule has 24 heavy (non-hydrogen) atoms. The van der Waals surface area contributed by atoms with Crippen molar-refractivity contribution in [3.8, 4) is 11.4 Å². The molecule has 0 saturated heterocycles. The van der Waals surface area contributed by atoms with Gasteiger partial charge in [-0.1, -0.05) is 30.9 Å². The van der Waals surface area contributed by atoms with Crippen molar-refractivity contribution < 1.29 is 9.53 Å². The molecule has 0 atom stereocenters. The fourth-order valence-electron chi connectivity index (χ4n) is 3.09. The van der Waals surface area contributed by atoms with E-state index in [0.717, 1.165) is 11.4 Å². The van der Waals surface area contributed by atoms with Crippen LogP contribution in [0.3, 0.4) is 0 Å². The number of nitrogens with zero attached hydrogens (tertiary/aromatic N) is 2. The van der Waals surface area contributed by atoms with E-state index in [1.165, 1.54) is 32.1 Å². The Morgan fingerprint density at radius 3 is 2.71 bits per heavy atom. The number of carbonyl (C=O) groups is 1. The third kappa shape index (κ3) is 4.09. The quantitative estimate of drug-likeness (QED) is 0.885. The zero-order chi connectivity index (χ0) is 16.9. The molecule has 1 aliphatic carbocycles. The molecular formula is C18H22ClN3O2. The number of hydrogen-bond donors (Lipinski definition) is 1. The molecule has 1 aliphatic rings. The molecule has 128 valence electrons. The van der Waals surface area contributed by atoms with E-state index in [1.54, 1.807) is 23.0 Å². The highest BCUT2D eigenvalue weighted by atomic mass is 35.5. The lowest BCUT2D eigenvalue weighted by Crippen LogP contribution is -2.32. The Morgan fingerprint density at radius 2 is 2.00 bits per heavy atom. The Morgan fingerprint density at radius 1 is 1.29 bits per heavy atom. The molecule has 0 unspecified atom stereocenters. The zero-order valence-corrected chi connectivity index (χ0v) is 14.6. The second-order valence-electron chi connectivity index (χ2n) is 6.26. The van der Waals surface area contributed by atoms with Gasteiger partial charge in [-0.3, -0.25) is 0 Å². The highest BCUT2D eigenvalue weighted by Crippen LogP contribution is 2.24. The summed E-state index contributed by atoms with van der Waals surface area (Å²) in [5, 5.41) is 7.82. The first-order valence-electron chi connectivity index (χ1n) is 8.40. The molecule has 3 rings (SSSR count). The maximum Gasteiger partial charge on any atom is 0.412 e. The van der Waals surface area contributed by atoms with Gasteiger partial charge < -0.3 is 10.1 Å². The third-order valence-corrected chi connectivity index (χ3v) is 4.75. The summed E-state index contributed by atoms with van der Waals surface area (Å²) in [6.45, 7) is 2.55. The summed E-state index contributed by atoms with van der Waals surface area (Å²) in [6, 6.07) is 7.34. The van der Waals surface area contributed by atoms with Crippen LogP contribution in [-0.2, 0) is 0 Å². The normalized spacial score (nSPS) is 15.2. The van der Waals surface area contributed by atoms with Crippen molar-refractivity contribution in [3.63, 3.8) is 0 Å². The number of aromatic nitrogens is 2. The second-order valence-corrected chi connectivity index (χ2v) is 6.69. The topological polar surface area (TPSA) is 56.1 Å². The van der Waals surface area contributed by atoms with Crippen LogP contribution in [0.2, 0.25) is 5.02 Å². The van der Waals surface area contributed by atoms with Crippen LogP contribution >= 0.6 is 11.6 Å². The Kier molecular flexibility index (Phi) is 5.41. The first kappa shape index (κ1) is 16.8. The Balaban J connectivity index is 1.59. The molecular weight excluding hydrogens is 326 g/mol. The molecule has 0 radical (unpaired) electrons. The van der Waals surface area contributed by atoms with Crippen LogP contribution < -0.4 is 10.1 Å². The van der Waals surface area contributed by atoms with E-state index in [0.29, 0.717) is 23.2 Å². The van der Waals surface area contributed by atoms with Crippen LogP contribution in [0.15, 0.2) is 30.5 Å². The van der Waals surface area contributed by atoms with E-state index >= 15 is 0 Å². The van der Waals surface area contributed by atoms with Crippen LogP contribution in [0.5, 0.6) is 5.75 Å². The monoisotopic (exact) mass is 347 g/mol. The minimum absolute atomic E-state index is 0.417. The molecule has 1 amide bonds. The fraction of sp³-hybridized carbons (Fsp3) is 0.444. The molecule has 1 heterocycles. The van der Waals surface area contributed by atoms with Crippen molar-refractivity contribution in [2.45, 2.75) is 39.0 Å². The van der Waals surface area contributed by atoms with Gasteiger partial charge >= 0.3 is 6.09 Å². The Hall–Kier alpha value is -2.01. The van der Waals surface area contributed by atoms with Crippen LogP contribution in [0.1, 0.15) is 37.8 Å². The van der Waals surface area contributed by atoms with Crippen LogP contribution in [-0.4, -0.2) is 22.4 Å². The van der Waals surface area contributed by atoms with Crippen LogP contribution in [0, 0.1) is 12.8 Å². The number of halogens is 1. The second kappa shape index (κ2) is 7.71. The van der Waals surface area contributed by atoms with E-state index in [9.17, 15) is 4.79 Å². The number of benzene rings is 1. The van der Waals surface area contributed by atoms with Gasteiger partial charge in [0.2, 0.25) is 0 Å².